The van der Waals surface area contributed by atoms with Gasteiger partial charge >= 0.3 is 0 Å². The molecule has 0 aliphatic rings. The lowest BCUT2D eigenvalue weighted by atomic mass is 10.2. The van der Waals surface area contributed by atoms with E-state index in [0.29, 0.717) is 12.5 Å². The van der Waals surface area contributed by atoms with E-state index in [2.05, 4.69) is 37.1 Å². The van der Waals surface area contributed by atoms with E-state index in [9.17, 15) is 5.11 Å². The van der Waals surface area contributed by atoms with Gasteiger partial charge in [-0.1, -0.05) is 13.8 Å². The summed E-state index contributed by atoms with van der Waals surface area (Å²) in [6.07, 6.45) is -0.644. The van der Waals surface area contributed by atoms with Crippen molar-refractivity contribution in [2.75, 3.05) is 19.7 Å². The fraction of sp³-hybridized carbons (Fsp3) is 0.692. The van der Waals surface area contributed by atoms with Crippen LogP contribution in [0.15, 0.2) is 11.4 Å². The van der Waals surface area contributed by atoms with Gasteiger partial charge in [-0.3, -0.25) is 4.90 Å². The van der Waals surface area contributed by atoms with Crippen LogP contribution in [0.5, 0.6) is 0 Å². The van der Waals surface area contributed by atoms with Crippen LogP contribution in [0.3, 0.4) is 0 Å². The normalized spacial score (nSPS) is 13.6. The molecule has 0 aliphatic carbocycles. The Morgan fingerprint density at radius 1 is 1.35 bits per heavy atom. The first kappa shape index (κ1) is 14.6. The minimum absolute atomic E-state index is 0.169. The zero-order valence-corrected chi connectivity index (χ0v) is 11.7. The molecule has 0 aliphatic heterocycles. The Hall–Kier alpha value is -0.420. The van der Waals surface area contributed by atoms with Crippen LogP contribution >= 0.6 is 11.3 Å². The predicted molar refractivity (Wildman–Crippen MR) is 72.3 cm³/mol. The molecule has 1 aromatic heterocycles. The van der Waals surface area contributed by atoms with E-state index in [4.69, 9.17) is 5.11 Å². The highest BCUT2D eigenvalue weighted by atomic mass is 32.1. The van der Waals surface area contributed by atoms with E-state index in [1.165, 1.54) is 10.4 Å². The van der Waals surface area contributed by atoms with Crippen molar-refractivity contribution in [1.82, 2.24) is 4.90 Å². The Kier molecular flexibility index (Phi) is 6.12. The summed E-state index contributed by atoms with van der Waals surface area (Å²) in [5.74, 6) is 0.557. The van der Waals surface area contributed by atoms with E-state index in [-0.39, 0.29) is 6.61 Å². The molecule has 0 aromatic carbocycles. The van der Waals surface area contributed by atoms with E-state index in [0.717, 1.165) is 13.1 Å². The summed E-state index contributed by atoms with van der Waals surface area (Å²) in [5.41, 5.74) is 1.31. The Bertz CT molecular complexity index is 325. The molecule has 1 rings (SSSR count). The highest BCUT2D eigenvalue weighted by Gasteiger charge is 2.14. The Morgan fingerprint density at radius 2 is 2.06 bits per heavy atom. The highest BCUT2D eigenvalue weighted by Crippen LogP contribution is 2.18. The van der Waals surface area contributed by atoms with Gasteiger partial charge in [0.2, 0.25) is 0 Å². The van der Waals surface area contributed by atoms with Crippen molar-refractivity contribution >= 4 is 11.3 Å². The number of hydrogen-bond donors (Lipinski definition) is 2. The molecule has 1 aromatic rings. The van der Waals surface area contributed by atoms with Gasteiger partial charge in [0.15, 0.2) is 0 Å². The van der Waals surface area contributed by atoms with Crippen molar-refractivity contribution in [2.24, 2.45) is 5.92 Å². The SMILES string of the molecule is Cc1ccsc1CN(CC(C)C)C[C@@H](O)CO. The second kappa shape index (κ2) is 7.11. The molecule has 1 heterocycles. The minimum atomic E-state index is -0.644. The first-order valence-corrected chi connectivity index (χ1v) is 6.95. The van der Waals surface area contributed by atoms with Crippen molar-refractivity contribution in [3.8, 4) is 0 Å². The monoisotopic (exact) mass is 257 g/mol. The number of nitrogens with zero attached hydrogens (tertiary/aromatic N) is 1. The summed E-state index contributed by atoms with van der Waals surface area (Å²) in [6, 6.07) is 2.12. The number of aliphatic hydroxyl groups excluding tert-OH is 2. The molecule has 3 nitrogen and oxygen atoms in total. The average molecular weight is 257 g/mol. The van der Waals surface area contributed by atoms with Crippen LogP contribution < -0.4 is 0 Å². The zero-order chi connectivity index (χ0) is 12.8. The maximum Gasteiger partial charge on any atom is 0.0897 e. The molecule has 98 valence electrons. The van der Waals surface area contributed by atoms with Gasteiger partial charge < -0.3 is 10.2 Å². The second-order valence-corrected chi connectivity index (χ2v) is 5.95. The molecule has 0 spiro atoms. The topological polar surface area (TPSA) is 43.7 Å². The number of hydrogen-bond acceptors (Lipinski definition) is 4. The highest BCUT2D eigenvalue weighted by molar-refractivity contribution is 7.10. The molecule has 4 heteroatoms. The van der Waals surface area contributed by atoms with E-state index in [1.807, 2.05) is 0 Å². The first-order valence-electron chi connectivity index (χ1n) is 6.07. The number of aryl methyl sites for hydroxylation is 1. The number of aliphatic hydroxyl groups is 2. The maximum absolute atomic E-state index is 9.55. The molecule has 0 bridgehead atoms. The third-order valence-corrected chi connectivity index (χ3v) is 3.65. The summed E-state index contributed by atoms with van der Waals surface area (Å²) in [7, 11) is 0. The molecule has 0 radical (unpaired) electrons. The molecule has 1 atom stereocenters. The molecule has 17 heavy (non-hydrogen) atoms. The van der Waals surface area contributed by atoms with Gasteiger partial charge in [0.1, 0.15) is 0 Å². The Morgan fingerprint density at radius 3 is 2.53 bits per heavy atom. The van der Waals surface area contributed by atoms with Crippen molar-refractivity contribution < 1.29 is 10.2 Å². The molecular formula is C13H23NO2S. The lowest BCUT2D eigenvalue weighted by Crippen LogP contribution is -2.36. The van der Waals surface area contributed by atoms with Crippen molar-refractivity contribution in [3.05, 3.63) is 21.9 Å². The van der Waals surface area contributed by atoms with Gasteiger partial charge in [0.05, 0.1) is 12.7 Å². The predicted octanol–water partition coefficient (Wildman–Crippen LogP) is 1.87. The standard InChI is InChI=1S/C13H23NO2S/c1-10(2)6-14(7-12(16)9-15)8-13-11(3)4-5-17-13/h4-5,10,12,15-16H,6-9H2,1-3H3/t12-/m1/s1. The zero-order valence-electron chi connectivity index (χ0n) is 10.9. The molecule has 2 N–H and O–H groups in total. The molecular weight excluding hydrogens is 234 g/mol. The number of rotatable bonds is 7. The van der Waals surface area contributed by atoms with Crippen LogP contribution in [-0.2, 0) is 6.54 Å². The van der Waals surface area contributed by atoms with Crippen LogP contribution in [0.4, 0.5) is 0 Å². The summed E-state index contributed by atoms with van der Waals surface area (Å²) in [5, 5.41) is 20.6. The van der Waals surface area contributed by atoms with E-state index >= 15 is 0 Å². The largest absolute Gasteiger partial charge is 0.394 e. The number of thiophene rings is 1. The summed E-state index contributed by atoms with van der Waals surface area (Å²) in [6.45, 7) is 8.61. The molecule has 0 fully saturated rings. The van der Waals surface area contributed by atoms with Crippen LogP contribution in [-0.4, -0.2) is 40.9 Å². The van der Waals surface area contributed by atoms with Gasteiger partial charge in [0.25, 0.3) is 0 Å². The minimum Gasteiger partial charge on any atom is -0.394 e. The third kappa shape index (κ3) is 5.17. The second-order valence-electron chi connectivity index (χ2n) is 4.95. The van der Waals surface area contributed by atoms with Crippen molar-refractivity contribution in [3.63, 3.8) is 0 Å². The van der Waals surface area contributed by atoms with E-state index < -0.39 is 6.10 Å². The van der Waals surface area contributed by atoms with Crippen molar-refractivity contribution in [1.29, 1.82) is 0 Å². The lowest BCUT2D eigenvalue weighted by Gasteiger charge is -2.25. The first-order chi connectivity index (χ1) is 8.02. The van der Waals surface area contributed by atoms with E-state index in [1.54, 1.807) is 11.3 Å². The quantitative estimate of drug-likeness (QED) is 0.784. The fourth-order valence-electron chi connectivity index (χ4n) is 1.84. The fourth-order valence-corrected chi connectivity index (χ4v) is 2.79. The van der Waals surface area contributed by atoms with Crippen molar-refractivity contribution in [2.45, 2.75) is 33.4 Å². The summed E-state index contributed by atoms with van der Waals surface area (Å²) in [4.78, 5) is 3.56. The Balaban J connectivity index is 2.60. The van der Waals surface area contributed by atoms with Gasteiger partial charge in [-0.25, -0.2) is 0 Å². The Labute approximate surface area is 108 Å². The van der Waals surface area contributed by atoms with Gasteiger partial charge in [0, 0.05) is 24.5 Å². The van der Waals surface area contributed by atoms with Crippen LogP contribution in [0, 0.1) is 12.8 Å². The molecule has 0 saturated carbocycles. The molecule has 0 saturated heterocycles. The third-order valence-electron chi connectivity index (χ3n) is 2.64. The molecule has 0 amide bonds. The average Bonchev–Trinajstić information content (AvgIpc) is 2.63. The van der Waals surface area contributed by atoms with Crippen LogP contribution in [0.1, 0.15) is 24.3 Å². The molecule has 0 unspecified atom stereocenters. The lowest BCUT2D eigenvalue weighted by molar-refractivity contribution is 0.0533. The smallest absolute Gasteiger partial charge is 0.0897 e. The van der Waals surface area contributed by atoms with Crippen LogP contribution in [0.25, 0.3) is 0 Å². The maximum atomic E-state index is 9.55. The summed E-state index contributed by atoms with van der Waals surface area (Å²) < 4.78 is 0. The summed E-state index contributed by atoms with van der Waals surface area (Å²) >= 11 is 1.75. The van der Waals surface area contributed by atoms with Gasteiger partial charge in [-0.05, 0) is 29.9 Å². The van der Waals surface area contributed by atoms with Gasteiger partial charge in [-0.15, -0.1) is 11.3 Å². The van der Waals surface area contributed by atoms with Gasteiger partial charge in [-0.2, -0.15) is 0 Å². The van der Waals surface area contributed by atoms with Crippen LogP contribution in [0.2, 0.25) is 0 Å².